The van der Waals surface area contributed by atoms with Gasteiger partial charge >= 0.3 is 0 Å². The van der Waals surface area contributed by atoms with Crippen LogP contribution in [0.3, 0.4) is 0 Å². The van der Waals surface area contributed by atoms with Gasteiger partial charge in [-0.2, -0.15) is 4.98 Å². The van der Waals surface area contributed by atoms with Gasteiger partial charge in [-0.05, 0) is 11.6 Å². The molecule has 0 radical (unpaired) electrons. The summed E-state index contributed by atoms with van der Waals surface area (Å²) in [6.45, 7) is 1.18. The quantitative estimate of drug-likeness (QED) is 0.844. The van der Waals surface area contributed by atoms with Gasteiger partial charge in [0.1, 0.15) is 0 Å². The van der Waals surface area contributed by atoms with E-state index in [9.17, 15) is 13.2 Å². The van der Waals surface area contributed by atoms with Crippen molar-refractivity contribution in [1.82, 2.24) is 9.97 Å². The number of aromatic nitrogens is 2. The lowest BCUT2D eigenvalue weighted by Crippen LogP contribution is -2.14. The second-order valence-corrected chi connectivity index (χ2v) is 6.20. The van der Waals surface area contributed by atoms with Crippen LogP contribution in [0, 0.1) is 5.82 Å². The number of thiophene rings is 1. The Morgan fingerprint density at radius 2 is 2.22 bits per heavy atom. The fourth-order valence-electron chi connectivity index (χ4n) is 2.21. The Balaban J connectivity index is 1.63. The number of ether oxygens (including phenoxy) is 1. The lowest BCUT2D eigenvalue weighted by Gasteiger charge is -2.10. The first-order chi connectivity index (χ1) is 11.1. The van der Waals surface area contributed by atoms with Crippen molar-refractivity contribution in [3.05, 3.63) is 33.4 Å². The molecule has 0 atom stereocenters. The highest BCUT2D eigenvalue weighted by atomic mass is 32.1. The second-order valence-electron chi connectivity index (χ2n) is 4.98. The largest absolute Gasteiger partial charge is 0.376 e. The summed E-state index contributed by atoms with van der Waals surface area (Å²) >= 11 is 1.69. The number of nitrogens with one attached hydrogen (secondary N) is 2. The van der Waals surface area contributed by atoms with Gasteiger partial charge < -0.3 is 15.4 Å². The maximum atomic E-state index is 13.5. The Morgan fingerprint density at radius 3 is 3.00 bits per heavy atom. The molecule has 0 aromatic carbocycles. The van der Waals surface area contributed by atoms with Crippen LogP contribution in [0.25, 0.3) is 0 Å². The molecule has 2 aromatic heterocycles. The zero-order valence-corrected chi connectivity index (χ0v) is 12.9. The van der Waals surface area contributed by atoms with Crippen LogP contribution in [-0.4, -0.2) is 29.5 Å². The first-order valence-electron chi connectivity index (χ1n) is 7.08. The Kier molecular flexibility index (Phi) is 4.97. The van der Waals surface area contributed by atoms with Crippen LogP contribution in [0.5, 0.6) is 0 Å². The summed E-state index contributed by atoms with van der Waals surface area (Å²) in [5.41, 5.74) is 1.19. The molecule has 0 spiro atoms. The average molecular weight is 344 g/mol. The van der Waals surface area contributed by atoms with Gasteiger partial charge in [-0.25, -0.2) is 18.2 Å². The van der Waals surface area contributed by atoms with E-state index in [1.54, 1.807) is 11.3 Å². The highest BCUT2D eigenvalue weighted by molar-refractivity contribution is 7.12. The van der Waals surface area contributed by atoms with Crippen molar-refractivity contribution in [2.24, 2.45) is 0 Å². The van der Waals surface area contributed by atoms with Crippen molar-refractivity contribution >= 4 is 23.1 Å². The number of hydrogen-bond acceptors (Lipinski definition) is 6. The van der Waals surface area contributed by atoms with Crippen LogP contribution in [0.2, 0.25) is 0 Å². The molecule has 3 heterocycles. The van der Waals surface area contributed by atoms with E-state index in [2.05, 4.69) is 26.7 Å². The number of nitrogens with zero attached hydrogens (tertiary/aromatic N) is 2. The predicted molar refractivity (Wildman–Crippen MR) is 81.5 cm³/mol. The summed E-state index contributed by atoms with van der Waals surface area (Å²) in [4.78, 5) is 10.1. The molecule has 0 aliphatic carbocycles. The molecule has 3 rings (SSSR count). The normalized spacial score (nSPS) is 13.9. The molecule has 5 nitrogen and oxygen atoms in total. The molecular formula is C14H15F3N4OS. The van der Waals surface area contributed by atoms with Gasteiger partial charge in [-0.3, -0.25) is 0 Å². The molecular weight excluding hydrogens is 329 g/mol. The minimum Gasteiger partial charge on any atom is -0.376 e. The lowest BCUT2D eigenvalue weighted by molar-refractivity contribution is 0.112. The molecule has 1 aliphatic heterocycles. The summed E-state index contributed by atoms with van der Waals surface area (Å²) in [6.07, 6.45) is -0.717. The van der Waals surface area contributed by atoms with Crippen molar-refractivity contribution in [3.63, 3.8) is 0 Å². The van der Waals surface area contributed by atoms with Crippen LogP contribution in [-0.2, 0) is 24.3 Å². The van der Waals surface area contributed by atoms with Crippen LogP contribution in [0.1, 0.15) is 15.3 Å². The van der Waals surface area contributed by atoms with E-state index < -0.39 is 18.8 Å². The highest BCUT2D eigenvalue weighted by Gasteiger charge is 2.14. The summed E-state index contributed by atoms with van der Waals surface area (Å²) in [7, 11) is 0. The van der Waals surface area contributed by atoms with Gasteiger partial charge in [0.2, 0.25) is 5.95 Å². The first-order valence-corrected chi connectivity index (χ1v) is 7.90. The summed E-state index contributed by atoms with van der Waals surface area (Å²) < 4.78 is 43.2. The lowest BCUT2D eigenvalue weighted by atomic mass is 10.2. The van der Waals surface area contributed by atoms with Crippen molar-refractivity contribution in [1.29, 1.82) is 0 Å². The maximum absolute atomic E-state index is 13.5. The Hall–Kier alpha value is -1.87. The fourth-order valence-corrected chi connectivity index (χ4v) is 3.31. The number of fused-ring (bicyclic) bond motifs is 1. The van der Waals surface area contributed by atoms with Gasteiger partial charge in [-0.1, -0.05) is 0 Å². The van der Waals surface area contributed by atoms with Crippen molar-refractivity contribution in [3.8, 4) is 0 Å². The molecule has 9 heteroatoms. The third-order valence-corrected chi connectivity index (χ3v) is 4.50. The molecule has 0 unspecified atom stereocenters. The third-order valence-electron chi connectivity index (χ3n) is 3.27. The zero-order valence-electron chi connectivity index (χ0n) is 12.1. The minimum atomic E-state index is -2.58. The summed E-state index contributed by atoms with van der Waals surface area (Å²) in [6, 6.07) is 2.06. The predicted octanol–water partition coefficient (Wildman–Crippen LogP) is 3.04. The first kappa shape index (κ1) is 16.0. The van der Waals surface area contributed by atoms with Gasteiger partial charge in [0, 0.05) is 16.2 Å². The van der Waals surface area contributed by atoms with E-state index in [1.807, 2.05) is 0 Å². The van der Waals surface area contributed by atoms with Gasteiger partial charge in [0.25, 0.3) is 6.43 Å². The van der Waals surface area contributed by atoms with Crippen LogP contribution in [0.4, 0.5) is 24.9 Å². The number of halogens is 3. The van der Waals surface area contributed by atoms with Crippen LogP contribution in [0.15, 0.2) is 12.3 Å². The minimum absolute atomic E-state index is 0.186. The standard InChI is InChI=1S/C14H15F3N4OS/c15-10-5-20-14(21-13(10)18-6-12(16)17)19-4-9-3-8-7-22-2-1-11(8)23-9/h3,5,12H,1-2,4,6-7H2,(H2,18,19,20,21). The Morgan fingerprint density at radius 1 is 1.35 bits per heavy atom. The zero-order chi connectivity index (χ0) is 16.2. The molecule has 23 heavy (non-hydrogen) atoms. The van der Waals surface area contributed by atoms with Crippen LogP contribution < -0.4 is 10.6 Å². The number of hydrogen-bond donors (Lipinski definition) is 2. The van der Waals surface area contributed by atoms with Gasteiger partial charge in [0.05, 0.1) is 32.5 Å². The SMILES string of the molecule is Fc1cnc(NCc2cc3c(s2)CCOC3)nc1NCC(F)F. The molecule has 2 aromatic rings. The number of alkyl halides is 2. The molecule has 1 aliphatic rings. The molecule has 0 saturated carbocycles. The molecule has 0 amide bonds. The van der Waals surface area contributed by atoms with E-state index in [-0.39, 0.29) is 11.8 Å². The van der Waals surface area contributed by atoms with Crippen molar-refractivity contribution < 1.29 is 17.9 Å². The number of rotatable bonds is 6. The maximum Gasteiger partial charge on any atom is 0.255 e. The van der Waals surface area contributed by atoms with E-state index in [0.717, 1.165) is 24.1 Å². The topological polar surface area (TPSA) is 59.1 Å². The van der Waals surface area contributed by atoms with Crippen LogP contribution >= 0.6 is 11.3 Å². The molecule has 0 fully saturated rings. The summed E-state index contributed by atoms with van der Waals surface area (Å²) in [5, 5.41) is 5.24. The Bertz CT molecular complexity index is 657. The molecule has 0 saturated heterocycles. The molecule has 124 valence electrons. The van der Waals surface area contributed by atoms with Crippen molar-refractivity contribution in [2.75, 3.05) is 23.8 Å². The molecule has 2 N–H and O–H groups in total. The monoisotopic (exact) mass is 344 g/mol. The van der Waals surface area contributed by atoms with E-state index >= 15 is 0 Å². The molecule has 0 bridgehead atoms. The smallest absolute Gasteiger partial charge is 0.255 e. The van der Waals surface area contributed by atoms with E-state index in [4.69, 9.17) is 4.74 Å². The number of anilines is 2. The Labute approximate surface area is 134 Å². The van der Waals surface area contributed by atoms with Crippen molar-refractivity contribution in [2.45, 2.75) is 26.0 Å². The van der Waals surface area contributed by atoms with E-state index in [0.29, 0.717) is 13.2 Å². The fraction of sp³-hybridized carbons (Fsp3) is 0.429. The van der Waals surface area contributed by atoms with E-state index in [1.165, 1.54) is 10.4 Å². The average Bonchev–Trinajstić information content (AvgIpc) is 2.95. The third kappa shape index (κ3) is 4.11. The summed E-state index contributed by atoms with van der Waals surface area (Å²) in [5.74, 6) is -0.813. The van der Waals surface area contributed by atoms with Gasteiger partial charge in [0.15, 0.2) is 11.6 Å². The van der Waals surface area contributed by atoms with Gasteiger partial charge in [-0.15, -0.1) is 11.3 Å². The highest BCUT2D eigenvalue weighted by Crippen LogP contribution is 2.27. The second kappa shape index (κ2) is 7.14.